The van der Waals surface area contributed by atoms with E-state index in [9.17, 15) is 39.9 Å². The third-order valence-electron chi connectivity index (χ3n) is 16.5. The Kier molecular flexibility index (Phi) is 20.4. The number of methoxy groups -OCH3 is 1. The molecule has 1 aromatic heterocycles. The van der Waals surface area contributed by atoms with Gasteiger partial charge in [-0.25, -0.2) is 4.79 Å². The lowest BCUT2D eigenvalue weighted by Gasteiger charge is -2.49. The first-order valence-corrected chi connectivity index (χ1v) is 27.0. The van der Waals surface area contributed by atoms with E-state index in [2.05, 4.69) is 0 Å². The number of carbonyl (C=O) groups is 2. The molecule has 20 nitrogen and oxygen atoms in total. The number of likely N-dealkylation sites (N-methyl/N-ethyl adjacent to an activating group) is 2. The molecule has 0 saturated carbocycles. The molecule has 3 fully saturated rings. The number of benzene rings is 1. The standard InChI is InChI=1S/C55H89N3O17/c1-15-41-55(10,66)47(61)34(6)57(13)28-30(2)26-53(8,65)48(75-52-45(60)39(56(11)12)23-31(3)71-52)32(4)46(33(5)51(64)73-41)74-42-27-54(9,67-14)49(35(7)72-42)70-22-21-68-19-16-17-36-24-37-43-40(25-36)69-20-18-58(43)29-38(44(37)59)50(62)63/h24-25,29-35,39,41-42,45-49,52,60-61,65-66H,15-23,26-28H2,1-14H3,(H,62,63)/t30-,31-,32+,33-,34-,35+,39+,41-,42?,45-,46+,47+,48-,49+,52+,53-,54-,55-/m1/s1. The highest BCUT2D eigenvalue weighted by Gasteiger charge is 2.53. The number of hydrogen-bond acceptors (Lipinski definition) is 18. The van der Waals surface area contributed by atoms with Gasteiger partial charge in [0.05, 0.1) is 72.2 Å². The molecule has 426 valence electrons. The van der Waals surface area contributed by atoms with Crippen LogP contribution in [0.15, 0.2) is 23.1 Å². The lowest BCUT2D eigenvalue weighted by Crippen LogP contribution is -2.61. The zero-order valence-electron chi connectivity index (χ0n) is 46.9. The van der Waals surface area contributed by atoms with Gasteiger partial charge >= 0.3 is 11.9 Å². The summed E-state index contributed by atoms with van der Waals surface area (Å²) in [6.45, 7) is 20.0. The number of carboxylic acids is 1. The van der Waals surface area contributed by atoms with Crippen LogP contribution >= 0.6 is 0 Å². The normalized spacial score (nSPS) is 38.7. The number of carbonyl (C=O) groups excluding carboxylic acids is 1. The van der Waals surface area contributed by atoms with E-state index in [1.54, 1.807) is 45.4 Å². The van der Waals surface area contributed by atoms with Crippen LogP contribution in [0, 0.1) is 17.8 Å². The van der Waals surface area contributed by atoms with E-state index in [4.69, 9.17) is 42.6 Å². The summed E-state index contributed by atoms with van der Waals surface area (Å²) in [7, 11) is 7.19. The van der Waals surface area contributed by atoms with Crippen LogP contribution in [0.1, 0.15) is 117 Å². The minimum atomic E-state index is -1.84. The fourth-order valence-electron chi connectivity index (χ4n) is 12.1. The third kappa shape index (κ3) is 13.7. The molecule has 0 aliphatic carbocycles. The molecule has 0 bridgehead atoms. The summed E-state index contributed by atoms with van der Waals surface area (Å²) in [6, 6.07) is 2.75. The number of carboxylic acid groups (broad SMARTS) is 1. The van der Waals surface area contributed by atoms with E-state index in [1.165, 1.54) is 13.1 Å². The molecule has 4 aliphatic heterocycles. The van der Waals surface area contributed by atoms with Crippen molar-refractivity contribution in [2.24, 2.45) is 17.8 Å². The number of aryl methyl sites for hydroxylation is 1. The Balaban J connectivity index is 1.19. The SMILES string of the molecule is CC[C@H]1OC(=O)[C@H](C)[C@@H](OC2C[C@@](C)(OC)[C@@H](OCCOCCCc3cc4c5c(c3)c(=O)c(C(=O)O)cn5CCO4)[C@H](C)O2)[C@H](C)[C@@H](O[C@@H]2O[C@H](C)C[C@H](N(C)C)[C@H]2O)[C@](C)(O)C[C@@H](C)CN(C)[C@H](C)[C@H](O)[C@]1(C)O. The second kappa shape index (κ2) is 25.2. The van der Waals surface area contributed by atoms with Crippen molar-refractivity contribution < 1.29 is 77.8 Å². The van der Waals surface area contributed by atoms with Crippen LogP contribution in [0.2, 0.25) is 0 Å². The highest BCUT2D eigenvalue weighted by molar-refractivity contribution is 5.94. The molecule has 75 heavy (non-hydrogen) atoms. The van der Waals surface area contributed by atoms with Crippen LogP contribution in [0.3, 0.4) is 0 Å². The number of hydrogen-bond donors (Lipinski definition) is 5. The number of ether oxygens (including phenoxy) is 9. The summed E-state index contributed by atoms with van der Waals surface area (Å²) in [6.07, 6.45) is -5.58. The summed E-state index contributed by atoms with van der Waals surface area (Å²) in [4.78, 5) is 43.4. The highest BCUT2D eigenvalue weighted by atomic mass is 16.7. The zero-order valence-corrected chi connectivity index (χ0v) is 46.9. The predicted molar refractivity (Wildman–Crippen MR) is 278 cm³/mol. The fourth-order valence-corrected chi connectivity index (χ4v) is 12.1. The molecular formula is C55H89N3O17. The predicted octanol–water partition coefficient (Wildman–Crippen LogP) is 3.98. The summed E-state index contributed by atoms with van der Waals surface area (Å²) in [5.41, 5.74) is -3.81. The minimum absolute atomic E-state index is 0.162. The first-order chi connectivity index (χ1) is 35.1. The molecular weight excluding hydrogens is 975 g/mol. The molecule has 18 atom stereocenters. The van der Waals surface area contributed by atoms with Gasteiger partial charge in [-0.15, -0.1) is 0 Å². The topological polar surface area (TPSA) is 247 Å². The van der Waals surface area contributed by atoms with Gasteiger partial charge in [0.15, 0.2) is 12.6 Å². The number of esters is 1. The van der Waals surface area contributed by atoms with Gasteiger partial charge in [0.2, 0.25) is 5.43 Å². The van der Waals surface area contributed by atoms with E-state index < -0.39 is 107 Å². The summed E-state index contributed by atoms with van der Waals surface area (Å²) in [5.74, 6) is -3.46. The Hall–Kier alpha value is -3.35. The Bertz CT molecular complexity index is 2290. The molecule has 6 rings (SSSR count). The van der Waals surface area contributed by atoms with Gasteiger partial charge in [-0.05, 0) is 125 Å². The van der Waals surface area contributed by atoms with E-state index in [1.807, 2.05) is 71.6 Å². The van der Waals surface area contributed by atoms with Gasteiger partial charge in [-0.2, -0.15) is 0 Å². The van der Waals surface area contributed by atoms with Crippen molar-refractivity contribution in [1.29, 1.82) is 0 Å². The van der Waals surface area contributed by atoms with Crippen molar-refractivity contribution in [3.63, 3.8) is 0 Å². The molecule has 1 unspecified atom stereocenters. The number of aromatic nitrogens is 1. The number of aromatic carboxylic acids is 1. The fraction of sp³-hybridized carbons (Fsp3) is 0.800. The Morgan fingerprint density at radius 1 is 0.947 bits per heavy atom. The van der Waals surface area contributed by atoms with Crippen LogP contribution < -0.4 is 10.2 Å². The maximum atomic E-state index is 14.6. The quantitative estimate of drug-likeness (QED) is 0.118. The first kappa shape index (κ1) is 60.9. The van der Waals surface area contributed by atoms with Crippen molar-refractivity contribution in [3.05, 3.63) is 39.7 Å². The smallest absolute Gasteiger partial charge is 0.341 e. The number of nitrogens with zero attached hydrogens (tertiary/aromatic N) is 3. The average Bonchev–Trinajstić information content (AvgIpc) is 3.34. The Labute approximate surface area is 442 Å². The molecule has 5 heterocycles. The number of aliphatic hydroxyl groups excluding tert-OH is 2. The second-order valence-corrected chi connectivity index (χ2v) is 22.9. The molecule has 0 radical (unpaired) electrons. The van der Waals surface area contributed by atoms with Crippen molar-refractivity contribution in [3.8, 4) is 5.75 Å². The van der Waals surface area contributed by atoms with Gasteiger partial charge in [0.25, 0.3) is 0 Å². The van der Waals surface area contributed by atoms with Gasteiger partial charge < -0.3 is 82.5 Å². The number of rotatable bonds is 16. The van der Waals surface area contributed by atoms with Crippen LogP contribution in [0.25, 0.3) is 10.9 Å². The van der Waals surface area contributed by atoms with Crippen molar-refractivity contribution in [2.45, 2.75) is 205 Å². The molecule has 4 aliphatic rings. The van der Waals surface area contributed by atoms with Crippen LogP contribution in [-0.2, 0) is 55.7 Å². The van der Waals surface area contributed by atoms with E-state index in [0.29, 0.717) is 62.2 Å². The number of aliphatic hydroxyl groups is 4. The highest BCUT2D eigenvalue weighted by Crippen LogP contribution is 2.41. The summed E-state index contributed by atoms with van der Waals surface area (Å²) < 4.78 is 59.1. The molecule has 2 aromatic rings. The molecule has 20 heteroatoms. The van der Waals surface area contributed by atoms with Crippen LogP contribution in [0.5, 0.6) is 5.75 Å². The van der Waals surface area contributed by atoms with E-state index in [0.717, 1.165) is 5.56 Å². The molecule has 0 spiro atoms. The molecule has 0 amide bonds. The van der Waals surface area contributed by atoms with Gasteiger partial charge in [-0.1, -0.05) is 20.8 Å². The van der Waals surface area contributed by atoms with Gasteiger partial charge in [0.1, 0.15) is 47.9 Å². The maximum absolute atomic E-state index is 14.6. The average molecular weight is 1060 g/mol. The van der Waals surface area contributed by atoms with E-state index in [-0.39, 0.29) is 56.1 Å². The Morgan fingerprint density at radius 3 is 2.31 bits per heavy atom. The number of pyridine rings is 1. The Morgan fingerprint density at radius 2 is 1.65 bits per heavy atom. The van der Waals surface area contributed by atoms with Crippen molar-refractivity contribution >= 4 is 22.8 Å². The van der Waals surface area contributed by atoms with Crippen molar-refractivity contribution in [1.82, 2.24) is 14.4 Å². The van der Waals surface area contributed by atoms with Crippen molar-refractivity contribution in [2.75, 3.05) is 61.2 Å². The molecule has 1 aromatic carbocycles. The monoisotopic (exact) mass is 1060 g/mol. The summed E-state index contributed by atoms with van der Waals surface area (Å²) >= 11 is 0. The maximum Gasteiger partial charge on any atom is 0.341 e. The van der Waals surface area contributed by atoms with E-state index >= 15 is 0 Å². The summed E-state index contributed by atoms with van der Waals surface area (Å²) in [5, 5.41) is 58.1. The molecule has 5 N–H and O–H groups in total. The zero-order chi connectivity index (χ0) is 55.5. The molecule has 3 saturated heterocycles. The van der Waals surface area contributed by atoms with Gasteiger partial charge in [-0.3, -0.25) is 9.59 Å². The second-order valence-electron chi connectivity index (χ2n) is 22.9. The van der Waals surface area contributed by atoms with Crippen LogP contribution in [-0.4, -0.2) is 203 Å². The first-order valence-electron chi connectivity index (χ1n) is 27.0. The largest absolute Gasteiger partial charge is 0.490 e. The van der Waals surface area contributed by atoms with Crippen LogP contribution in [0.4, 0.5) is 0 Å². The lowest BCUT2D eigenvalue weighted by atomic mass is 9.77. The lowest BCUT2D eigenvalue weighted by molar-refractivity contribution is -0.321. The minimum Gasteiger partial charge on any atom is -0.490 e. The number of cyclic esters (lactones) is 1. The third-order valence-corrected chi connectivity index (χ3v) is 16.5. The van der Waals surface area contributed by atoms with Gasteiger partial charge in [0, 0.05) is 50.9 Å².